The molecule has 0 aromatic carbocycles. The Balaban J connectivity index is 0.00000529. The average Bonchev–Trinajstić information content (AvgIpc) is 2.50. The first kappa shape index (κ1) is 22.7. The van der Waals surface area contributed by atoms with Gasteiger partial charge in [0.1, 0.15) is 0 Å². The van der Waals surface area contributed by atoms with Crippen LogP contribution in [-0.2, 0) is 6.54 Å². The van der Waals surface area contributed by atoms with Crippen molar-refractivity contribution in [1.29, 1.82) is 0 Å². The van der Waals surface area contributed by atoms with Crippen LogP contribution in [0.1, 0.15) is 38.2 Å². The molecule has 138 valence electrons. The van der Waals surface area contributed by atoms with Gasteiger partial charge in [0.25, 0.3) is 0 Å². The number of rotatable bonds is 9. The summed E-state index contributed by atoms with van der Waals surface area (Å²) in [6.45, 7) is 1.58. The second-order valence-electron chi connectivity index (χ2n) is 5.06. The van der Waals surface area contributed by atoms with Crippen LogP contribution in [-0.4, -0.2) is 30.3 Å². The summed E-state index contributed by atoms with van der Waals surface area (Å²) in [4.78, 5) is 7.90. The molecule has 0 spiro atoms. The fraction of sp³-hybridized carbons (Fsp3) is 0.600. The summed E-state index contributed by atoms with van der Waals surface area (Å²) in [6, 6.07) is 3.22. The first-order valence-corrected chi connectivity index (χ1v) is 7.59. The molecule has 9 heteroatoms. The van der Waals surface area contributed by atoms with E-state index in [1.807, 2.05) is 0 Å². The fourth-order valence-corrected chi connectivity index (χ4v) is 1.82. The average molecular weight is 460 g/mol. The molecular formula is C15H24F3IN4O. The van der Waals surface area contributed by atoms with E-state index in [-0.39, 0.29) is 42.4 Å². The molecule has 0 aliphatic rings. The fourth-order valence-electron chi connectivity index (χ4n) is 1.82. The molecule has 1 aromatic rings. The van der Waals surface area contributed by atoms with Crippen molar-refractivity contribution in [1.82, 2.24) is 10.3 Å². The normalized spacial score (nSPS) is 11.8. The summed E-state index contributed by atoms with van der Waals surface area (Å²) < 4.78 is 41.3. The summed E-state index contributed by atoms with van der Waals surface area (Å²) in [6.07, 6.45) is 1.41. The number of ether oxygens (including phenoxy) is 1. The summed E-state index contributed by atoms with van der Waals surface area (Å²) in [7, 11) is 0. The number of hydrogen-bond donors (Lipinski definition) is 2. The van der Waals surface area contributed by atoms with Gasteiger partial charge in [0.05, 0.1) is 6.54 Å². The molecule has 0 atom stereocenters. The van der Waals surface area contributed by atoms with Crippen molar-refractivity contribution in [3.63, 3.8) is 0 Å². The lowest BCUT2D eigenvalue weighted by Crippen LogP contribution is -2.32. The Bertz CT molecular complexity index is 498. The third kappa shape index (κ3) is 10.5. The summed E-state index contributed by atoms with van der Waals surface area (Å²) >= 11 is 0. The SMILES string of the molecule is CCCCCCNC(N)=NCc1cccnc1OCC(F)(F)F.I. The molecule has 0 saturated heterocycles. The van der Waals surface area contributed by atoms with Gasteiger partial charge in [-0.2, -0.15) is 13.2 Å². The van der Waals surface area contributed by atoms with Crippen molar-refractivity contribution < 1.29 is 17.9 Å². The lowest BCUT2D eigenvalue weighted by atomic mass is 10.2. The Morgan fingerprint density at radius 3 is 2.75 bits per heavy atom. The topological polar surface area (TPSA) is 72.5 Å². The highest BCUT2D eigenvalue weighted by atomic mass is 127. The highest BCUT2D eigenvalue weighted by molar-refractivity contribution is 14.0. The Hall–Kier alpha value is -1.26. The highest BCUT2D eigenvalue weighted by Crippen LogP contribution is 2.20. The molecule has 5 nitrogen and oxygen atoms in total. The van der Waals surface area contributed by atoms with Gasteiger partial charge in [-0.05, 0) is 12.5 Å². The minimum Gasteiger partial charge on any atom is -0.468 e. The lowest BCUT2D eigenvalue weighted by molar-refractivity contribution is -0.154. The van der Waals surface area contributed by atoms with Crippen LogP contribution < -0.4 is 15.8 Å². The molecule has 0 aliphatic carbocycles. The first-order valence-electron chi connectivity index (χ1n) is 7.59. The maximum absolute atomic E-state index is 12.2. The van der Waals surface area contributed by atoms with Crippen LogP contribution in [0.4, 0.5) is 13.2 Å². The Morgan fingerprint density at radius 2 is 2.08 bits per heavy atom. The predicted molar refractivity (Wildman–Crippen MR) is 98.7 cm³/mol. The first-order chi connectivity index (χ1) is 10.9. The zero-order valence-electron chi connectivity index (χ0n) is 13.6. The van der Waals surface area contributed by atoms with Gasteiger partial charge in [-0.25, -0.2) is 9.98 Å². The van der Waals surface area contributed by atoms with Crippen LogP contribution in [0.3, 0.4) is 0 Å². The third-order valence-electron chi connectivity index (χ3n) is 2.98. The summed E-state index contributed by atoms with van der Waals surface area (Å²) in [5, 5.41) is 2.97. The van der Waals surface area contributed by atoms with Gasteiger partial charge in [0.2, 0.25) is 5.88 Å². The van der Waals surface area contributed by atoms with Crippen molar-refractivity contribution in [3.05, 3.63) is 23.9 Å². The minimum atomic E-state index is -4.41. The van der Waals surface area contributed by atoms with Gasteiger partial charge in [0, 0.05) is 18.3 Å². The molecule has 0 saturated carbocycles. The molecule has 3 N–H and O–H groups in total. The number of alkyl halides is 3. The Morgan fingerprint density at radius 1 is 1.33 bits per heavy atom. The van der Waals surface area contributed by atoms with Gasteiger partial charge < -0.3 is 15.8 Å². The monoisotopic (exact) mass is 460 g/mol. The maximum atomic E-state index is 12.2. The van der Waals surface area contributed by atoms with E-state index in [0.29, 0.717) is 5.56 Å². The molecular weight excluding hydrogens is 436 g/mol. The van der Waals surface area contributed by atoms with Crippen LogP contribution in [0.25, 0.3) is 0 Å². The number of aromatic nitrogens is 1. The Labute approximate surface area is 157 Å². The number of nitrogens with zero attached hydrogens (tertiary/aromatic N) is 2. The molecule has 0 bridgehead atoms. The van der Waals surface area contributed by atoms with Crippen molar-refractivity contribution in [2.24, 2.45) is 10.7 Å². The number of nitrogens with one attached hydrogen (secondary N) is 1. The molecule has 1 aromatic heterocycles. The van der Waals surface area contributed by atoms with E-state index in [9.17, 15) is 13.2 Å². The number of nitrogens with two attached hydrogens (primary N) is 1. The molecule has 24 heavy (non-hydrogen) atoms. The number of halogens is 4. The summed E-state index contributed by atoms with van der Waals surface area (Å²) in [5.41, 5.74) is 6.18. The van der Waals surface area contributed by atoms with Crippen molar-refractivity contribution >= 4 is 29.9 Å². The third-order valence-corrected chi connectivity index (χ3v) is 2.98. The Kier molecular flexibility index (Phi) is 11.5. The number of pyridine rings is 1. The van der Waals surface area contributed by atoms with Crippen molar-refractivity contribution in [2.75, 3.05) is 13.2 Å². The van der Waals surface area contributed by atoms with Crippen molar-refractivity contribution in [2.45, 2.75) is 45.3 Å². The standard InChI is InChI=1S/C15H23F3N4O.HI/c1-2-3-4-5-8-21-14(19)22-10-12-7-6-9-20-13(12)23-11-15(16,17)18;/h6-7,9H,2-5,8,10-11H2,1H3,(H3,19,21,22);1H. The van der Waals surface area contributed by atoms with E-state index >= 15 is 0 Å². The van der Waals surface area contributed by atoms with Crippen LogP contribution in [0.2, 0.25) is 0 Å². The highest BCUT2D eigenvalue weighted by Gasteiger charge is 2.29. The summed E-state index contributed by atoms with van der Waals surface area (Å²) in [5.74, 6) is 0.177. The zero-order valence-corrected chi connectivity index (χ0v) is 15.9. The van der Waals surface area contributed by atoms with Crippen LogP contribution in [0, 0.1) is 0 Å². The van der Waals surface area contributed by atoms with Gasteiger partial charge in [-0.15, -0.1) is 24.0 Å². The zero-order chi connectivity index (χ0) is 17.1. The van der Waals surface area contributed by atoms with Gasteiger partial charge in [-0.3, -0.25) is 0 Å². The van der Waals surface area contributed by atoms with Crippen LogP contribution >= 0.6 is 24.0 Å². The van der Waals surface area contributed by atoms with Gasteiger partial charge in [-0.1, -0.05) is 32.3 Å². The second-order valence-corrected chi connectivity index (χ2v) is 5.06. The van der Waals surface area contributed by atoms with E-state index < -0.39 is 12.8 Å². The second kappa shape index (κ2) is 12.2. The smallest absolute Gasteiger partial charge is 0.422 e. The molecule has 0 amide bonds. The van der Waals surface area contributed by atoms with E-state index in [1.54, 1.807) is 12.1 Å². The predicted octanol–water partition coefficient (Wildman–Crippen LogP) is 3.63. The molecule has 1 heterocycles. The molecule has 1 rings (SSSR count). The number of guanidine groups is 1. The number of unbranched alkanes of at least 4 members (excludes halogenated alkanes) is 3. The number of aliphatic imine (C=N–C) groups is 1. The molecule has 0 unspecified atom stereocenters. The maximum Gasteiger partial charge on any atom is 0.422 e. The van der Waals surface area contributed by atoms with Gasteiger partial charge >= 0.3 is 6.18 Å². The van der Waals surface area contributed by atoms with E-state index in [0.717, 1.165) is 25.8 Å². The van der Waals surface area contributed by atoms with E-state index in [2.05, 4.69) is 22.2 Å². The molecule has 0 fully saturated rings. The largest absolute Gasteiger partial charge is 0.468 e. The van der Waals surface area contributed by atoms with Crippen LogP contribution in [0.5, 0.6) is 5.88 Å². The van der Waals surface area contributed by atoms with Gasteiger partial charge in [0.15, 0.2) is 12.6 Å². The van der Waals surface area contributed by atoms with Crippen LogP contribution in [0.15, 0.2) is 23.3 Å². The van der Waals surface area contributed by atoms with E-state index in [1.165, 1.54) is 12.6 Å². The minimum absolute atomic E-state index is 0. The van der Waals surface area contributed by atoms with E-state index in [4.69, 9.17) is 10.5 Å². The molecule has 0 aliphatic heterocycles. The lowest BCUT2D eigenvalue weighted by Gasteiger charge is -2.11. The molecule has 0 radical (unpaired) electrons. The number of hydrogen-bond acceptors (Lipinski definition) is 3. The quantitative estimate of drug-likeness (QED) is 0.256. The van der Waals surface area contributed by atoms with Crippen molar-refractivity contribution in [3.8, 4) is 5.88 Å².